The first-order valence-corrected chi connectivity index (χ1v) is 5.68. The number of carbonyl (C=O) groups is 2. The Morgan fingerprint density at radius 3 is 2.83 bits per heavy atom. The third kappa shape index (κ3) is 4.08. The number of aldehydes is 1. The summed E-state index contributed by atoms with van der Waals surface area (Å²) in [7, 11) is 3.14. The van der Waals surface area contributed by atoms with Crippen LogP contribution in [0.5, 0.6) is 11.5 Å². The molecule has 0 heterocycles. The predicted octanol–water partition coefficient (Wildman–Crippen LogP) is 1.41. The molecule has 98 valence electrons. The molecule has 5 heteroatoms. The Morgan fingerprint density at radius 2 is 2.22 bits per heavy atom. The summed E-state index contributed by atoms with van der Waals surface area (Å²) in [6, 6.07) is 4.99. The van der Waals surface area contributed by atoms with Crippen molar-refractivity contribution < 1.29 is 19.1 Å². The molecule has 0 bridgehead atoms. The first-order valence-electron chi connectivity index (χ1n) is 5.68. The van der Waals surface area contributed by atoms with E-state index in [-0.39, 0.29) is 5.91 Å². The van der Waals surface area contributed by atoms with Crippen LogP contribution in [0.15, 0.2) is 18.2 Å². The van der Waals surface area contributed by atoms with Gasteiger partial charge in [-0.1, -0.05) is 0 Å². The number of amides is 1. The Balaban J connectivity index is 2.54. The number of carbonyl (C=O) groups excluding carboxylic acids is 2. The van der Waals surface area contributed by atoms with E-state index in [0.29, 0.717) is 36.5 Å². The third-order valence-corrected chi connectivity index (χ3v) is 2.43. The smallest absolute Gasteiger partial charge is 0.219 e. The van der Waals surface area contributed by atoms with Gasteiger partial charge in [0.1, 0.15) is 11.5 Å². The second kappa shape index (κ2) is 7.32. The number of benzene rings is 1. The number of nitrogens with one attached hydrogen (secondary N) is 1. The van der Waals surface area contributed by atoms with Gasteiger partial charge in [-0.2, -0.15) is 0 Å². The zero-order valence-corrected chi connectivity index (χ0v) is 10.6. The highest BCUT2D eigenvalue weighted by Gasteiger charge is 2.05. The van der Waals surface area contributed by atoms with Gasteiger partial charge < -0.3 is 14.8 Å². The van der Waals surface area contributed by atoms with Crippen molar-refractivity contribution in [2.24, 2.45) is 0 Å². The third-order valence-electron chi connectivity index (χ3n) is 2.43. The molecule has 0 fully saturated rings. The summed E-state index contributed by atoms with van der Waals surface area (Å²) in [5.41, 5.74) is 0.468. The molecule has 0 aliphatic rings. The summed E-state index contributed by atoms with van der Waals surface area (Å²) in [5.74, 6) is 1.07. The molecule has 0 saturated carbocycles. The van der Waals surface area contributed by atoms with Gasteiger partial charge in [0, 0.05) is 19.5 Å². The number of hydrogen-bond acceptors (Lipinski definition) is 4. The molecule has 0 aliphatic heterocycles. The number of rotatable bonds is 7. The lowest BCUT2D eigenvalue weighted by molar-refractivity contribution is -0.120. The van der Waals surface area contributed by atoms with Crippen molar-refractivity contribution >= 4 is 12.2 Å². The van der Waals surface area contributed by atoms with Gasteiger partial charge in [0.05, 0.1) is 19.3 Å². The highest BCUT2D eigenvalue weighted by molar-refractivity contribution is 5.79. The fraction of sp³-hybridized carbons (Fsp3) is 0.385. The zero-order chi connectivity index (χ0) is 13.4. The molecule has 1 amide bonds. The first kappa shape index (κ1) is 14.0. The topological polar surface area (TPSA) is 64.6 Å². The van der Waals surface area contributed by atoms with Gasteiger partial charge >= 0.3 is 0 Å². The van der Waals surface area contributed by atoms with Gasteiger partial charge in [-0.25, -0.2) is 0 Å². The summed E-state index contributed by atoms with van der Waals surface area (Å²) in [6.07, 6.45) is 1.72. The number of hydrogen-bond donors (Lipinski definition) is 1. The van der Waals surface area contributed by atoms with E-state index in [4.69, 9.17) is 9.47 Å². The van der Waals surface area contributed by atoms with Crippen LogP contribution in [0, 0.1) is 0 Å². The average molecular weight is 251 g/mol. The van der Waals surface area contributed by atoms with Crippen molar-refractivity contribution in [1.29, 1.82) is 0 Å². The summed E-state index contributed by atoms with van der Waals surface area (Å²) in [6.45, 7) is 0.376. The minimum absolute atomic E-state index is 0.0279. The molecule has 0 aromatic heterocycles. The van der Waals surface area contributed by atoms with Crippen LogP contribution in [0.1, 0.15) is 23.2 Å². The van der Waals surface area contributed by atoms with Crippen LogP contribution >= 0.6 is 0 Å². The lowest BCUT2D eigenvalue weighted by atomic mass is 10.2. The van der Waals surface area contributed by atoms with E-state index < -0.39 is 0 Å². The van der Waals surface area contributed by atoms with Crippen molar-refractivity contribution in [2.75, 3.05) is 20.8 Å². The molecule has 0 unspecified atom stereocenters. The van der Waals surface area contributed by atoms with E-state index >= 15 is 0 Å². The highest BCUT2D eigenvalue weighted by atomic mass is 16.5. The molecule has 1 aromatic rings. The van der Waals surface area contributed by atoms with Gasteiger partial charge in [-0.15, -0.1) is 0 Å². The van der Waals surface area contributed by atoms with Gasteiger partial charge in [0.15, 0.2) is 6.29 Å². The Labute approximate surface area is 106 Å². The van der Waals surface area contributed by atoms with Crippen molar-refractivity contribution in [3.63, 3.8) is 0 Å². The fourth-order valence-electron chi connectivity index (χ4n) is 1.40. The monoisotopic (exact) mass is 251 g/mol. The Bertz CT molecular complexity index is 417. The maximum absolute atomic E-state index is 11.0. The van der Waals surface area contributed by atoms with Crippen molar-refractivity contribution in [1.82, 2.24) is 5.32 Å². The second-order valence-corrected chi connectivity index (χ2v) is 3.65. The summed E-state index contributed by atoms with van der Waals surface area (Å²) in [4.78, 5) is 21.8. The van der Waals surface area contributed by atoms with Crippen LogP contribution in [0.25, 0.3) is 0 Å². The second-order valence-electron chi connectivity index (χ2n) is 3.65. The van der Waals surface area contributed by atoms with E-state index in [1.807, 2.05) is 0 Å². The van der Waals surface area contributed by atoms with Gasteiger partial charge in [0.25, 0.3) is 0 Å². The minimum Gasteiger partial charge on any atom is -0.497 e. The summed E-state index contributed by atoms with van der Waals surface area (Å²) >= 11 is 0. The largest absolute Gasteiger partial charge is 0.497 e. The van der Waals surface area contributed by atoms with E-state index in [0.717, 1.165) is 6.29 Å². The van der Waals surface area contributed by atoms with E-state index in [1.54, 1.807) is 32.4 Å². The Kier molecular flexibility index (Phi) is 5.70. The van der Waals surface area contributed by atoms with Crippen molar-refractivity contribution in [3.05, 3.63) is 23.8 Å². The molecule has 0 spiro atoms. The lowest BCUT2D eigenvalue weighted by Crippen LogP contribution is -2.18. The number of ether oxygens (including phenoxy) is 2. The quantitative estimate of drug-likeness (QED) is 0.588. The van der Waals surface area contributed by atoms with Crippen molar-refractivity contribution in [3.8, 4) is 11.5 Å². The fourth-order valence-corrected chi connectivity index (χ4v) is 1.40. The molecule has 0 radical (unpaired) electrons. The first-order chi connectivity index (χ1) is 8.71. The molecular weight excluding hydrogens is 234 g/mol. The molecule has 0 saturated heterocycles. The molecule has 1 N–H and O–H groups in total. The van der Waals surface area contributed by atoms with Gasteiger partial charge in [0.2, 0.25) is 5.91 Å². The van der Waals surface area contributed by atoms with E-state index in [9.17, 15) is 9.59 Å². The molecular formula is C13H17NO4. The molecule has 1 aromatic carbocycles. The Hall–Kier alpha value is -2.04. The van der Waals surface area contributed by atoms with Crippen LogP contribution in [0.3, 0.4) is 0 Å². The summed E-state index contributed by atoms with van der Waals surface area (Å²) in [5, 5.41) is 2.53. The average Bonchev–Trinajstić information content (AvgIpc) is 2.42. The van der Waals surface area contributed by atoms with Gasteiger partial charge in [-0.3, -0.25) is 9.59 Å². The molecule has 5 nitrogen and oxygen atoms in total. The van der Waals surface area contributed by atoms with Crippen LogP contribution in [-0.2, 0) is 4.79 Å². The standard InChI is InChI=1S/C13H17NO4/c1-14-13(16)4-3-7-18-12-8-11(17-2)6-5-10(12)9-15/h5-6,8-9H,3-4,7H2,1-2H3,(H,14,16). The lowest BCUT2D eigenvalue weighted by Gasteiger charge is -2.09. The highest BCUT2D eigenvalue weighted by Crippen LogP contribution is 2.23. The molecule has 1 rings (SSSR count). The molecule has 18 heavy (non-hydrogen) atoms. The van der Waals surface area contributed by atoms with Crippen LogP contribution in [0.4, 0.5) is 0 Å². The number of methoxy groups -OCH3 is 1. The zero-order valence-electron chi connectivity index (χ0n) is 10.6. The van der Waals surface area contributed by atoms with Crippen LogP contribution in [0.2, 0.25) is 0 Å². The van der Waals surface area contributed by atoms with Crippen LogP contribution in [-0.4, -0.2) is 33.0 Å². The van der Waals surface area contributed by atoms with E-state index in [1.165, 1.54) is 0 Å². The maximum atomic E-state index is 11.0. The van der Waals surface area contributed by atoms with Gasteiger partial charge in [-0.05, 0) is 18.6 Å². The summed E-state index contributed by atoms with van der Waals surface area (Å²) < 4.78 is 10.5. The molecule has 0 atom stereocenters. The minimum atomic E-state index is -0.0279. The van der Waals surface area contributed by atoms with E-state index in [2.05, 4.69) is 5.32 Å². The van der Waals surface area contributed by atoms with Crippen LogP contribution < -0.4 is 14.8 Å². The normalized spacial score (nSPS) is 9.67. The predicted molar refractivity (Wildman–Crippen MR) is 67.2 cm³/mol. The molecule has 0 aliphatic carbocycles. The SMILES string of the molecule is CNC(=O)CCCOc1cc(OC)ccc1C=O. The Morgan fingerprint density at radius 1 is 1.44 bits per heavy atom. The van der Waals surface area contributed by atoms with Crippen molar-refractivity contribution in [2.45, 2.75) is 12.8 Å². The maximum Gasteiger partial charge on any atom is 0.219 e.